The van der Waals surface area contributed by atoms with Crippen molar-refractivity contribution in [3.05, 3.63) is 22.8 Å². The van der Waals surface area contributed by atoms with Crippen LogP contribution in [-0.4, -0.2) is 25.4 Å². The van der Waals surface area contributed by atoms with E-state index in [1.807, 2.05) is 19.9 Å². The topological polar surface area (TPSA) is 38.7 Å². The van der Waals surface area contributed by atoms with E-state index in [1.165, 1.54) is 0 Å². The van der Waals surface area contributed by atoms with Crippen molar-refractivity contribution in [2.45, 2.75) is 33.3 Å². The lowest BCUT2D eigenvalue weighted by molar-refractivity contribution is 0.193. The Labute approximate surface area is 97.0 Å². The molecular weight excluding hydrogens is 204 g/mol. The molecule has 0 heterocycles. The average molecular weight is 224 g/mol. The summed E-state index contributed by atoms with van der Waals surface area (Å²) in [4.78, 5) is 0. The highest BCUT2D eigenvalue weighted by Gasteiger charge is 2.16. The van der Waals surface area contributed by atoms with Gasteiger partial charge in [-0.3, -0.25) is 0 Å². The Hall–Kier alpha value is -1.22. The van der Waals surface area contributed by atoms with Crippen LogP contribution in [0, 0.1) is 13.8 Å². The third-order valence-corrected chi connectivity index (χ3v) is 2.81. The molecule has 0 aliphatic carbocycles. The number of aliphatic hydroxyl groups excluding tert-OH is 1. The summed E-state index contributed by atoms with van der Waals surface area (Å²) in [5, 5.41) is 9.51. The lowest BCUT2D eigenvalue weighted by atomic mass is 9.97. The number of aliphatic hydroxyl groups is 1. The maximum atomic E-state index is 9.51. The van der Waals surface area contributed by atoms with Crippen LogP contribution in [0.5, 0.6) is 11.5 Å². The highest BCUT2D eigenvalue weighted by atomic mass is 16.5. The first-order valence-electron chi connectivity index (χ1n) is 5.40. The van der Waals surface area contributed by atoms with Gasteiger partial charge in [-0.05, 0) is 38.0 Å². The highest BCUT2D eigenvalue weighted by molar-refractivity contribution is 5.54. The first kappa shape index (κ1) is 12.8. The van der Waals surface area contributed by atoms with Gasteiger partial charge < -0.3 is 14.6 Å². The van der Waals surface area contributed by atoms with Gasteiger partial charge in [-0.2, -0.15) is 0 Å². The van der Waals surface area contributed by atoms with Gasteiger partial charge in [0.15, 0.2) is 11.5 Å². The average Bonchev–Trinajstić information content (AvgIpc) is 2.23. The van der Waals surface area contributed by atoms with Gasteiger partial charge in [-0.1, -0.05) is 0 Å². The fourth-order valence-corrected chi connectivity index (χ4v) is 1.84. The first-order chi connectivity index (χ1) is 7.51. The minimum Gasteiger partial charge on any atom is -0.493 e. The first-order valence-corrected chi connectivity index (χ1v) is 5.40. The molecule has 0 fully saturated rings. The summed E-state index contributed by atoms with van der Waals surface area (Å²) in [6, 6.07) is 1.96. The summed E-state index contributed by atoms with van der Waals surface area (Å²) in [6.07, 6.45) is 0.187. The third kappa shape index (κ3) is 2.47. The molecule has 0 amide bonds. The van der Waals surface area contributed by atoms with Gasteiger partial charge in [0.2, 0.25) is 0 Å². The van der Waals surface area contributed by atoms with Crippen molar-refractivity contribution < 1.29 is 14.6 Å². The van der Waals surface area contributed by atoms with Crippen molar-refractivity contribution in [3.8, 4) is 11.5 Å². The molecule has 0 spiro atoms. The minimum absolute atomic E-state index is 0.390. The summed E-state index contributed by atoms with van der Waals surface area (Å²) in [6.45, 7) is 5.84. The molecule has 0 aromatic heterocycles. The monoisotopic (exact) mass is 224 g/mol. The van der Waals surface area contributed by atoms with Gasteiger partial charge >= 0.3 is 0 Å². The maximum Gasteiger partial charge on any atom is 0.164 e. The molecular formula is C13H20O3. The van der Waals surface area contributed by atoms with Crippen LogP contribution in [0.25, 0.3) is 0 Å². The van der Waals surface area contributed by atoms with Gasteiger partial charge in [0.05, 0.1) is 20.3 Å². The van der Waals surface area contributed by atoms with E-state index in [4.69, 9.17) is 9.47 Å². The van der Waals surface area contributed by atoms with Crippen LogP contribution < -0.4 is 9.47 Å². The van der Waals surface area contributed by atoms with E-state index in [-0.39, 0.29) is 6.10 Å². The number of aryl methyl sites for hydroxylation is 1. The second kappa shape index (κ2) is 5.21. The lowest BCUT2D eigenvalue weighted by Gasteiger charge is -2.18. The van der Waals surface area contributed by atoms with Crippen LogP contribution in [-0.2, 0) is 6.42 Å². The van der Waals surface area contributed by atoms with E-state index in [0.717, 1.165) is 28.2 Å². The van der Waals surface area contributed by atoms with Crippen LogP contribution in [0.15, 0.2) is 6.07 Å². The zero-order valence-corrected chi connectivity index (χ0v) is 10.6. The Bertz CT molecular complexity index is 370. The van der Waals surface area contributed by atoms with Gasteiger partial charge in [-0.25, -0.2) is 0 Å². The standard InChI is InChI=1S/C13H20O3/c1-8-6-12(15-4)13(16-5)11(10(8)3)7-9(2)14/h6,9,14H,7H2,1-5H3. The molecule has 16 heavy (non-hydrogen) atoms. The smallest absolute Gasteiger partial charge is 0.164 e. The van der Waals surface area contributed by atoms with Gasteiger partial charge in [-0.15, -0.1) is 0 Å². The molecule has 0 aliphatic heterocycles. The van der Waals surface area contributed by atoms with Crippen molar-refractivity contribution in [2.75, 3.05) is 14.2 Å². The molecule has 1 rings (SSSR count). The van der Waals surface area contributed by atoms with Crippen LogP contribution in [0.2, 0.25) is 0 Å². The zero-order valence-electron chi connectivity index (χ0n) is 10.6. The second-order valence-corrected chi connectivity index (χ2v) is 4.09. The molecule has 1 atom stereocenters. The zero-order chi connectivity index (χ0) is 12.3. The van der Waals surface area contributed by atoms with Crippen LogP contribution >= 0.6 is 0 Å². The number of benzene rings is 1. The summed E-state index contributed by atoms with van der Waals surface area (Å²) in [7, 11) is 3.25. The number of hydrogen-bond donors (Lipinski definition) is 1. The van der Waals surface area contributed by atoms with Crippen LogP contribution in [0.4, 0.5) is 0 Å². The molecule has 0 saturated carbocycles. The molecule has 1 aromatic carbocycles. The quantitative estimate of drug-likeness (QED) is 0.852. The van der Waals surface area contributed by atoms with Gasteiger partial charge in [0.25, 0.3) is 0 Å². The predicted molar refractivity (Wildman–Crippen MR) is 64.4 cm³/mol. The molecule has 0 saturated heterocycles. The molecule has 90 valence electrons. The molecule has 0 bridgehead atoms. The predicted octanol–water partition coefficient (Wildman–Crippen LogP) is 2.24. The molecule has 3 heteroatoms. The Morgan fingerprint density at radius 3 is 2.31 bits per heavy atom. The summed E-state index contributed by atoms with van der Waals surface area (Å²) < 4.78 is 10.7. The molecule has 1 unspecified atom stereocenters. The highest BCUT2D eigenvalue weighted by Crippen LogP contribution is 2.36. The Balaban J connectivity index is 3.34. The van der Waals surface area contributed by atoms with E-state index in [2.05, 4.69) is 0 Å². The number of ether oxygens (including phenoxy) is 2. The van der Waals surface area contributed by atoms with E-state index < -0.39 is 0 Å². The van der Waals surface area contributed by atoms with Crippen LogP contribution in [0.3, 0.4) is 0 Å². The molecule has 0 radical (unpaired) electrons. The summed E-state index contributed by atoms with van der Waals surface area (Å²) in [5.41, 5.74) is 3.32. The van der Waals surface area contributed by atoms with Gasteiger partial charge in [0, 0.05) is 12.0 Å². The fourth-order valence-electron chi connectivity index (χ4n) is 1.84. The molecule has 1 aromatic rings. The fraction of sp³-hybridized carbons (Fsp3) is 0.538. The Kier molecular flexibility index (Phi) is 4.19. The third-order valence-electron chi connectivity index (χ3n) is 2.81. The molecule has 3 nitrogen and oxygen atoms in total. The molecule has 0 aliphatic rings. The number of methoxy groups -OCH3 is 2. The maximum absolute atomic E-state index is 9.51. The van der Waals surface area contributed by atoms with Gasteiger partial charge in [0.1, 0.15) is 0 Å². The molecule has 1 N–H and O–H groups in total. The van der Waals surface area contributed by atoms with E-state index >= 15 is 0 Å². The van der Waals surface area contributed by atoms with E-state index in [0.29, 0.717) is 6.42 Å². The van der Waals surface area contributed by atoms with E-state index in [1.54, 1.807) is 21.1 Å². The van der Waals surface area contributed by atoms with Crippen molar-refractivity contribution in [3.63, 3.8) is 0 Å². The Morgan fingerprint density at radius 2 is 1.88 bits per heavy atom. The summed E-state index contributed by atoms with van der Waals surface area (Å²) in [5.74, 6) is 1.45. The number of rotatable bonds is 4. The van der Waals surface area contributed by atoms with Crippen molar-refractivity contribution in [1.82, 2.24) is 0 Å². The SMILES string of the molecule is COc1cc(C)c(C)c(CC(C)O)c1OC. The van der Waals surface area contributed by atoms with Crippen molar-refractivity contribution in [2.24, 2.45) is 0 Å². The number of hydrogen-bond acceptors (Lipinski definition) is 3. The lowest BCUT2D eigenvalue weighted by Crippen LogP contribution is -2.09. The van der Waals surface area contributed by atoms with Crippen molar-refractivity contribution >= 4 is 0 Å². The summed E-state index contributed by atoms with van der Waals surface area (Å²) >= 11 is 0. The normalized spacial score (nSPS) is 12.4. The minimum atomic E-state index is -0.390. The van der Waals surface area contributed by atoms with Crippen molar-refractivity contribution in [1.29, 1.82) is 0 Å². The largest absolute Gasteiger partial charge is 0.493 e. The second-order valence-electron chi connectivity index (χ2n) is 4.09. The Morgan fingerprint density at radius 1 is 1.25 bits per heavy atom. The van der Waals surface area contributed by atoms with E-state index in [9.17, 15) is 5.11 Å². The van der Waals surface area contributed by atoms with Crippen LogP contribution in [0.1, 0.15) is 23.6 Å².